The average molecular weight is 277 g/mol. The molecule has 0 saturated heterocycles. The largest absolute Gasteiger partial charge is 0.344 e. The number of benzene rings is 1. The average Bonchev–Trinajstić information content (AvgIpc) is 2.88. The fourth-order valence-electron chi connectivity index (χ4n) is 1.49. The van der Waals surface area contributed by atoms with Gasteiger partial charge in [-0.05, 0) is 25.1 Å². The Bertz CT molecular complexity index is 611. The monoisotopic (exact) mass is 277 g/mol. The molecule has 0 saturated carbocycles. The minimum atomic E-state index is -0.340. The molecular weight excluding hydrogens is 265 g/mol. The zero-order valence-corrected chi connectivity index (χ0v) is 11.1. The Morgan fingerprint density at radius 2 is 2.21 bits per heavy atom. The van der Waals surface area contributed by atoms with Crippen molar-refractivity contribution in [3.63, 3.8) is 0 Å². The van der Waals surface area contributed by atoms with Gasteiger partial charge in [-0.1, -0.05) is 30.0 Å². The van der Waals surface area contributed by atoms with Gasteiger partial charge >= 0.3 is 0 Å². The molecule has 0 fully saturated rings. The van der Waals surface area contributed by atoms with Crippen LogP contribution in [0, 0.1) is 5.82 Å². The molecule has 0 aliphatic carbocycles. The van der Waals surface area contributed by atoms with Crippen LogP contribution in [0.15, 0.2) is 36.9 Å². The Labute approximate surface area is 114 Å². The Hall–Kier alpha value is -2.08. The van der Waals surface area contributed by atoms with Crippen molar-refractivity contribution < 1.29 is 9.18 Å². The third kappa shape index (κ3) is 3.03. The van der Waals surface area contributed by atoms with Crippen LogP contribution >= 0.6 is 11.3 Å². The van der Waals surface area contributed by atoms with E-state index in [2.05, 4.69) is 22.1 Å². The third-order valence-corrected chi connectivity index (χ3v) is 3.60. The first-order valence-corrected chi connectivity index (χ1v) is 6.44. The van der Waals surface area contributed by atoms with E-state index >= 15 is 0 Å². The lowest BCUT2D eigenvalue weighted by atomic mass is 10.2. The summed E-state index contributed by atoms with van der Waals surface area (Å²) in [5.41, 5.74) is 0.411. The van der Waals surface area contributed by atoms with Crippen molar-refractivity contribution >= 4 is 17.2 Å². The fourth-order valence-corrected chi connectivity index (χ4v) is 2.36. The summed E-state index contributed by atoms with van der Waals surface area (Å²) in [6, 6.07) is 6.09. The number of nitrogens with one attached hydrogen (secondary N) is 1. The highest BCUT2D eigenvalue weighted by atomic mass is 32.1. The summed E-state index contributed by atoms with van der Waals surface area (Å²) in [7, 11) is 0. The number of hydrogen-bond acceptors (Lipinski definition) is 4. The second-order valence-electron chi connectivity index (χ2n) is 3.86. The second kappa shape index (κ2) is 5.71. The van der Waals surface area contributed by atoms with E-state index in [4.69, 9.17) is 0 Å². The SMILES string of the molecule is C=CC(=O)NC(C)c1nnc(-c2ccccc2F)s1. The van der Waals surface area contributed by atoms with Gasteiger partial charge in [0.25, 0.3) is 0 Å². The lowest BCUT2D eigenvalue weighted by Gasteiger charge is -2.07. The fraction of sp³-hybridized carbons (Fsp3) is 0.154. The number of carbonyl (C=O) groups excluding carboxylic acids is 1. The summed E-state index contributed by atoms with van der Waals surface area (Å²) in [6.07, 6.45) is 1.19. The van der Waals surface area contributed by atoms with E-state index in [0.29, 0.717) is 15.6 Å². The number of aromatic nitrogens is 2. The number of hydrogen-bond donors (Lipinski definition) is 1. The molecule has 98 valence electrons. The van der Waals surface area contributed by atoms with E-state index in [1.807, 2.05) is 0 Å². The molecule has 2 aromatic rings. The van der Waals surface area contributed by atoms with Crippen LogP contribution in [0.1, 0.15) is 18.0 Å². The Morgan fingerprint density at radius 3 is 2.89 bits per heavy atom. The van der Waals surface area contributed by atoms with Gasteiger partial charge in [0, 0.05) is 5.56 Å². The lowest BCUT2D eigenvalue weighted by molar-refractivity contribution is -0.117. The van der Waals surface area contributed by atoms with Gasteiger partial charge < -0.3 is 5.32 Å². The van der Waals surface area contributed by atoms with Crippen LogP contribution in [-0.2, 0) is 4.79 Å². The first-order chi connectivity index (χ1) is 9.11. The van der Waals surface area contributed by atoms with Gasteiger partial charge in [-0.25, -0.2) is 4.39 Å². The first-order valence-electron chi connectivity index (χ1n) is 5.63. The summed E-state index contributed by atoms with van der Waals surface area (Å²) in [4.78, 5) is 11.2. The minimum Gasteiger partial charge on any atom is -0.344 e. The van der Waals surface area contributed by atoms with Crippen LogP contribution in [0.2, 0.25) is 0 Å². The number of carbonyl (C=O) groups is 1. The molecule has 0 radical (unpaired) electrons. The summed E-state index contributed by atoms with van der Waals surface area (Å²) in [5, 5.41) is 11.7. The standard InChI is InChI=1S/C13H12FN3OS/c1-3-11(18)15-8(2)12-16-17-13(19-12)9-6-4-5-7-10(9)14/h3-8H,1H2,2H3,(H,15,18). The molecule has 0 spiro atoms. The molecule has 0 aliphatic heterocycles. The summed E-state index contributed by atoms with van der Waals surface area (Å²) in [5.74, 6) is -0.622. The predicted molar refractivity (Wildman–Crippen MR) is 72.1 cm³/mol. The van der Waals surface area contributed by atoms with Gasteiger partial charge in [0.15, 0.2) is 5.01 Å². The van der Waals surface area contributed by atoms with E-state index in [9.17, 15) is 9.18 Å². The molecule has 1 aromatic carbocycles. The van der Waals surface area contributed by atoms with Crippen LogP contribution < -0.4 is 5.32 Å². The molecule has 0 bridgehead atoms. The van der Waals surface area contributed by atoms with E-state index in [1.165, 1.54) is 23.5 Å². The molecule has 1 heterocycles. The van der Waals surface area contributed by atoms with Gasteiger partial charge in [-0.3, -0.25) is 4.79 Å². The maximum atomic E-state index is 13.6. The molecule has 1 unspecified atom stereocenters. The van der Waals surface area contributed by atoms with Crippen molar-refractivity contribution in [2.45, 2.75) is 13.0 Å². The second-order valence-corrected chi connectivity index (χ2v) is 4.87. The van der Waals surface area contributed by atoms with Gasteiger partial charge in [-0.2, -0.15) is 0 Å². The molecule has 1 atom stereocenters. The molecular formula is C13H12FN3OS. The molecule has 6 heteroatoms. The first kappa shape index (κ1) is 13.4. The highest BCUT2D eigenvalue weighted by Crippen LogP contribution is 2.28. The van der Waals surface area contributed by atoms with E-state index in [0.717, 1.165) is 0 Å². The predicted octanol–water partition coefficient (Wildman–Crippen LogP) is 2.71. The summed E-state index contributed by atoms with van der Waals surface area (Å²) in [6.45, 7) is 5.16. The summed E-state index contributed by atoms with van der Waals surface area (Å²) >= 11 is 1.25. The van der Waals surface area contributed by atoms with Crippen molar-refractivity contribution in [1.82, 2.24) is 15.5 Å². The smallest absolute Gasteiger partial charge is 0.243 e. The zero-order chi connectivity index (χ0) is 13.8. The molecule has 1 N–H and O–H groups in total. The van der Waals surface area contributed by atoms with Crippen molar-refractivity contribution in [3.05, 3.63) is 47.7 Å². The van der Waals surface area contributed by atoms with Crippen molar-refractivity contribution in [2.75, 3.05) is 0 Å². The van der Waals surface area contributed by atoms with E-state index in [-0.39, 0.29) is 17.8 Å². The van der Waals surface area contributed by atoms with Gasteiger partial charge in [-0.15, -0.1) is 10.2 Å². The van der Waals surface area contributed by atoms with Gasteiger partial charge in [0.2, 0.25) is 5.91 Å². The topological polar surface area (TPSA) is 54.9 Å². The number of rotatable bonds is 4. The Balaban J connectivity index is 2.22. The lowest BCUT2D eigenvalue weighted by Crippen LogP contribution is -2.24. The molecule has 1 amide bonds. The van der Waals surface area contributed by atoms with Crippen LogP contribution in [0.3, 0.4) is 0 Å². The van der Waals surface area contributed by atoms with E-state index < -0.39 is 0 Å². The van der Waals surface area contributed by atoms with E-state index in [1.54, 1.807) is 25.1 Å². The van der Waals surface area contributed by atoms with Gasteiger partial charge in [0.05, 0.1) is 6.04 Å². The normalized spacial score (nSPS) is 11.9. The number of amides is 1. The Kier molecular flexibility index (Phi) is 4.01. The van der Waals surface area contributed by atoms with Crippen LogP contribution in [0.5, 0.6) is 0 Å². The molecule has 1 aromatic heterocycles. The quantitative estimate of drug-likeness (QED) is 0.874. The Morgan fingerprint density at radius 1 is 1.47 bits per heavy atom. The molecule has 2 rings (SSSR count). The van der Waals surface area contributed by atoms with Crippen LogP contribution in [0.4, 0.5) is 4.39 Å². The molecule has 0 aliphatic rings. The highest BCUT2D eigenvalue weighted by Gasteiger charge is 2.15. The van der Waals surface area contributed by atoms with Crippen molar-refractivity contribution in [3.8, 4) is 10.6 Å². The van der Waals surface area contributed by atoms with Crippen molar-refractivity contribution in [1.29, 1.82) is 0 Å². The molecule has 19 heavy (non-hydrogen) atoms. The maximum absolute atomic E-state index is 13.6. The maximum Gasteiger partial charge on any atom is 0.243 e. The highest BCUT2D eigenvalue weighted by molar-refractivity contribution is 7.14. The third-order valence-electron chi connectivity index (χ3n) is 2.46. The van der Waals surface area contributed by atoms with Crippen LogP contribution in [-0.4, -0.2) is 16.1 Å². The zero-order valence-electron chi connectivity index (χ0n) is 10.3. The minimum absolute atomic E-state index is 0.282. The van der Waals surface area contributed by atoms with Gasteiger partial charge in [0.1, 0.15) is 10.8 Å². The number of halogens is 1. The summed E-state index contributed by atoms with van der Waals surface area (Å²) < 4.78 is 13.6. The van der Waals surface area contributed by atoms with Crippen LogP contribution in [0.25, 0.3) is 10.6 Å². The number of nitrogens with zero attached hydrogens (tertiary/aromatic N) is 2. The van der Waals surface area contributed by atoms with Crippen molar-refractivity contribution in [2.24, 2.45) is 0 Å². The molecule has 4 nitrogen and oxygen atoms in total.